The maximum atomic E-state index is 14.4. The minimum atomic E-state index is -0.450. The molecule has 0 saturated heterocycles. The lowest BCUT2D eigenvalue weighted by molar-refractivity contribution is 0.194. The van der Waals surface area contributed by atoms with Crippen molar-refractivity contribution in [3.8, 4) is 10.8 Å². The number of hydrogen-bond donors (Lipinski definition) is 1. The summed E-state index contributed by atoms with van der Waals surface area (Å²) in [6.45, 7) is 0.449. The van der Waals surface area contributed by atoms with E-state index < -0.39 is 6.04 Å². The van der Waals surface area contributed by atoms with Crippen LogP contribution in [0.1, 0.15) is 46.1 Å². The van der Waals surface area contributed by atoms with Crippen molar-refractivity contribution in [3.05, 3.63) is 99.9 Å². The third-order valence-corrected chi connectivity index (χ3v) is 8.29. The Balaban J connectivity index is 1.50. The maximum Gasteiger partial charge on any atom is 0.323 e. The van der Waals surface area contributed by atoms with Gasteiger partial charge in [-0.2, -0.15) is 0 Å². The molecule has 2 aliphatic rings. The van der Waals surface area contributed by atoms with Crippen molar-refractivity contribution < 1.29 is 13.9 Å². The van der Waals surface area contributed by atoms with Gasteiger partial charge in [0.15, 0.2) is 0 Å². The van der Waals surface area contributed by atoms with Crippen LogP contribution in [0.3, 0.4) is 0 Å². The van der Waals surface area contributed by atoms with Crippen LogP contribution < -0.4 is 10.1 Å². The summed E-state index contributed by atoms with van der Waals surface area (Å²) in [4.78, 5) is 17.2. The van der Waals surface area contributed by atoms with Crippen LogP contribution in [0.2, 0.25) is 0 Å². The monoisotopic (exact) mass is 487 g/mol. The Morgan fingerprint density at radius 3 is 2.77 bits per heavy atom. The van der Waals surface area contributed by atoms with Crippen LogP contribution >= 0.6 is 11.3 Å². The van der Waals surface area contributed by atoms with Crippen LogP contribution in [0.25, 0.3) is 5.00 Å². The van der Waals surface area contributed by atoms with E-state index in [0.29, 0.717) is 18.0 Å². The smallest absolute Gasteiger partial charge is 0.323 e. The van der Waals surface area contributed by atoms with Crippen LogP contribution in [-0.2, 0) is 19.4 Å². The van der Waals surface area contributed by atoms with Crippen molar-refractivity contribution in [2.45, 2.75) is 38.3 Å². The Kier molecular flexibility index (Phi) is 5.57. The second-order valence-corrected chi connectivity index (χ2v) is 10.1. The molecule has 1 atom stereocenters. The zero-order valence-corrected chi connectivity index (χ0v) is 20.3. The van der Waals surface area contributed by atoms with Crippen molar-refractivity contribution in [2.24, 2.45) is 0 Å². The number of aromatic nitrogens is 1. The number of fused-ring (bicyclic) bond motifs is 5. The van der Waals surface area contributed by atoms with Gasteiger partial charge in [-0.3, -0.25) is 0 Å². The third kappa shape index (κ3) is 3.80. The van der Waals surface area contributed by atoms with Gasteiger partial charge in [0.1, 0.15) is 16.6 Å². The van der Waals surface area contributed by atoms with Gasteiger partial charge in [0.25, 0.3) is 0 Å². The van der Waals surface area contributed by atoms with E-state index in [1.165, 1.54) is 39.6 Å². The second-order valence-electron chi connectivity index (χ2n) is 9.01. The molecule has 4 aromatic rings. The topological polar surface area (TPSA) is 46.5 Å². The maximum absolute atomic E-state index is 14.4. The number of anilines is 1. The SMILES string of the molecule is COc1ccccc1NC(=O)N1Cc2c(sc3c2CCCC3)-n2cccc2[C@@H]1c1cccc(F)c1. The van der Waals surface area contributed by atoms with Crippen LogP contribution in [0.4, 0.5) is 14.9 Å². The molecule has 1 aliphatic heterocycles. The average molecular weight is 488 g/mol. The normalized spacial score (nSPS) is 16.6. The largest absolute Gasteiger partial charge is 0.495 e. The van der Waals surface area contributed by atoms with E-state index in [1.54, 1.807) is 13.2 Å². The first kappa shape index (κ1) is 21.9. The number of ether oxygens (including phenoxy) is 1. The molecule has 0 bridgehead atoms. The van der Waals surface area contributed by atoms with Crippen molar-refractivity contribution in [2.75, 3.05) is 12.4 Å². The molecule has 0 radical (unpaired) electrons. The molecule has 0 fully saturated rings. The zero-order chi connectivity index (χ0) is 23.9. The summed E-state index contributed by atoms with van der Waals surface area (Å²) in [5.41, 5.74) is 4.87. The molecule has 0 spiro atoms. The van der Waals surface area contributed by atoms with E-state index in [-0.39, 0.29) is 11.8 Å². The molecule has 2 aromatic carbocycles. The average Bonchev–Trinajstić information content (AvgIpc) is 3.46. The predicted octanol–water partition coefficient (Wildman–Crippen LogP) is 6.70. The summed E-state index contributed by atoms with van der Waals surface area (Å²) in [6.07, 6.45) is 6.54. The van der Waals surface area contributed by atoms with Crippen molar-refractivity contribution >= 4 is 23.1 Å². The summed E-state index contributed by atoms with van der Waals surface area (Å²) in [5, 5.41) is 4.23. The van der Waals surface area contributed by atoms with Gasteiger partial charge in [-0.15, -0.1) is 11.3 Å². The molecule has 3 heterocycles. The highest BCUT2D eigenvalue weighted by Crippen LogP contribution is 2.44. The van der Waals surface area contributed by atoms with E-state index in [4.69, 9.17) is 4.74 Å². The number of carbonyl (C=O) groups is 1. The summed E-state index contributed by atoms with van der Waals surface area (Å²) in [5.74, 6) is 0.275. The fraction of sp³-hybridized carbons (Fsp3) is 0.250. The van der Waals surface area contributed by atoms with Gasteiger partial charge in [0.05, 0.1) is 31.1 Å². The van der Waals surface area contributed by atoms with Crippen molar-refractivity contribution in [1.82, 2.24) is 9.47 Å². The number of nitrogens with zero attached hydrogens (tertiary/aromatic N) is 2. The number of urea groups is 1. The summed E-state index contributed by atoms with van der Waals surface area (Å²) >= 11 is 1.83. The highest BCUT2D eigenvalue weighted by Gasteiger charge is 2.36. The first-order chi connectivity index (χ1) is 17.1. The van der Waals surface area contributed by atoms with E-state index in [9.17, 15) is 9.18 Å². The molecular weight excluding hydrogens is 461 g/mol. The molecule has 0 saturated carbocycles. The molecule has 35 heavy (non-hydrogen) atoms. The molecule has 178 valence electrons. The number of carbonyl (C=O) groups excluding carboxylic acids is 1. The van der Waals surface area contributed by atoms with E-state index in [2.05, 4.69) is 16.1 Å². The molecule has 2 aromatic heterocycles. The summed E-state index contributed by atoms with van der Waals surface area (Å²) < 4.78 is 22.0. The lowest BCUT2D eigenvalue weighted by atomic mass is 9.95. The molecule has 1 N–H and O–H groups in total. The number of methoxy groups -OCH3 is 1. The molecule has 0 unspecified atom stereocenters. The molecule has 1 aliphatic carbocycles. The molecule has 7 heteroatoms. The van der Waals surface area contributed by atoms with Gasteiger partial charge in [0, 0.05) is 16.6 Å². The highest BCUT2D eigenvalue weighted by molar-refractivity contribution is 7.15. The standard InChI is InChI=1S/C28H26FN3O2S/c1-34-24-13-4-3-11-22(24)30-28(33)32-17-21-20-10-2-5-14-25(20)35-27(21)31-15-7-12-23(31)26(32)18-8-6-9-19(29)16-18/h3-4,6-9,11-13,15-16,26H,2,5,10,14,17H2,1H3,(H,30,33)/t26-/m0/s1. The van der Waals surface area contributed by atoms with Gasteiger partial charge in [-0.25, -0.2) is 9.18 Å². The molecule has 5 nitrogen and oxygen atoms in total. The van der Waals surface area contributed by atoms with E-state index in [0.717, 1.165) is 30.5 Å². The number of benzene rings is 2. The quantitative estimate of drug-likeness (QED) is 0.349. The third-order valence-electron chi connectivity index (χ3n) is 6.95. The predicted molar refractivity (Wildman–Crippen MR) is 136 cm³/mol. The fourth-order valence-electron chi connectivity index (χ4n) is 5.35. The number of thiophene rings is 1. The van der Waals surface area contributed by atoms with Crippen LogP contribution in [0, 0.1) is 5.82 Å². The Morgan fingerprint density at radius 1 is 1.06 bits per heavy atom. The van der Waals surface area contributed by atoms with Crippen LogP contribution in [0.5, 0.6) is 5.75 Å². The number of amides is 2. The molecule has 2 amide bonds. The van der Waals surface area contributed by atoms with Crippen molar-refractivity contribution in [3.63, 3.8) is 0 Å². The van der Waals surface area contributed by atoms with E-state index >= 15 is 0 Å². The number of aryl methyl sites for hydroxylation is 1. The number of hydrogen-bond acceptors (Lipinski definition) is 3. The van der Waals surface area contributed by atoms with Gasteiger partial charge >= 0.3 is 6.03 Å². The van der Waals surface area contributed by atoms with Gasteiger partial charge in [-0.05, 0) is 73.2 Å². The van der Waals surface area contributed by atoms with Crippen LogP contribution in [-0.4, -0.2) is 22.6 Å². The summed E-state index contributed by atoms with van der Waals surface area (Å²) in [7, 11) is 1.59. The molecular formula is C28H26FN3O2S. The minimum Gasteiger partial charge on any atom is -0.495 e. The Bertz CT molecular complexity index is 1410. The molecule has 6 rings (SSSR count). The first-order valence-electron chi connectivity index (χ1n) is 11.9. The van der Waals surface area contributed by atoms with Gasteiger partial charge < -0.3 is 19.5 Å². The Labute approximate surface area is 207 Å². The van der Waals surface area contributed by atoms with E-state index in [1.807, 2.05) is 58.7 Å². The number of halogens is 1. The zero-order valence-electron chi connectivity index (χ0n) is 19.5. The first-order valence-corrected chi connectivity index (χ1v) is 12.7. The fourth-order valence-corrected chi connectivity index (χ4v) is 6.75. The second kappa shape index (κ2) is 8.89. The summed E-state index contributed by atoms with van der Waals surface area (Å²) in [6, 6.07) is 17.3. The van der Waals surface area contributed by atoms with Gasteiger partial charge in [0.2, 0.25) is 0 Å². The Hall–Kier alpha value is -3.58. The minimum absolute atomic E-state index is 0.250. The lowest BCUT2D eigenvalue weighted by Crippen LogP contribution is -2.38. The van der Waals surface area contributed by atoms with Gasteiger partial charge in [-0.1, -0.05) is 24.3 Å². The Morgan fingerprint density at radius 2 is 1.91 bits per heavy atom. The van der Waals surface area contributed by atoms with Crippen LogP contribution in [0.15, 0.2) is 66.9 Å². The number of nitrogens with one attached hydrogen (secondary N) is 1. The number of rotatable bonds is 3. The lowest BCUT2D eigenvalue weighted by Gasteiger charge is -2.31. The highest BCUT2D eigenvalue weighted by atomic mass is 32.1. The van der Waals surface area contributed by atoms with Crippen molar-refractivity contribution in [1.29, 1.82) is 0 Å². The number of para-hydroxylation sites is 2.